The van der Waals surface area contributed by atoms with E-state index in [0.717, 1.165) is 60.6 Å². The molecule has 0 radical (unpaired) electrons. The summed E-state index contributed by atoms with van der Waals surface area (Å²) in [4.78, 5) is 18.2. The second-order valence-electron chi connectivity index (χ2n) is 11.9. The van der Waals surface area contributed by atoms with Crippen LogP contribution in [0.2, 0.25) is 0 Å². The van der Waals surface area contributed by atoms with Gasteiger partial charge in [-0.15, -0.1) is 0 Å². The minimum atomic E-state index is 0.000342. The molecular formula is C33H42N4O2. The number of rotatable bonds is 7. The molecule has 39 heavy (non-hydrogen) atoms. The number of hydrogen-bond donors (Lipinski definition) is 2. The minimum absolute atomic E-state index is 0.000342. The predicted octanol–water partition coefficient (Wildman–Crippen LogP) is 6.67. The molecule has 3 aromatic rings. The Morgan fingerprint density at radius 1 is 1.08 bits per heavy atom. The first-order valence-electron chi connectivity index (χ1n) is 14.2. The molecule has 0 saturated carbocycles. The third-order valence-electron chi connectivity index (χ3n) is 8.02. The van der Waals surface area contributed by atoms with E-state index in [1.165, 1.54) is 11.3 Å². The lowest BCUT2D eigenvalue weighted by Crippen LogP contribution is -2.39. The van der Waals surface area contributed by atoms with Gasteiger partial charge in [0.15, 0.2) is 0 Å². The summed E-state index contributed by atoms with van der Waals surface area (Å²) in [5.41, 5.74) is 7.37. The molecule has 206 valence electrons. The summed E-state index contributed by atoms with van der Waals surface area (Å²) < 4.78 is 6.44. The van der Waals surface area contributed by atoms with Crippen LogP contribution in [0.5, 0.6) is 5.75 Å². The van der Waals surface area contributed by atoms with Gasteiger partial charge in [0.1, 0.15) is 5.75 Å². The van der Waals surface area contributed by atoms with E-state index in [9.17, 15) is 4.79 Å². The summed E-state index contributed by atoms with van der Waals surface area (Å²) in [5.74, 6) is 0.764. The van der Waals surface area contributed by atoms with Crippen molar-refractivity contribution in [2.75, 3.05) is 48.8 Å². The largest absolute Gasteiger partial charge is 0.493 e. The first-order chi connectivity index (χ1) is 18.7. The zero-order valence-electron chi connectivity index (χ0n) is 24.0. The fourth-order valence-corrected chi connectivity index (χ4v) is 5.28. The van der Waals surface area contributed by atoms with Gasteiger partial charge in [-0.05, 0) is 108 Å². The van der Waals surface area contributed by atoms with Crippen molar-refractivity contribution in [3.8, 4) is 16.9 Å². The number of anilines is 3. The Hall–Kier alpha value is -3.51. The van der Waals surface area contributed by atoms with Gasteiger partial charge in [0.25, 0.3) is 5.91 Å². The van der Waals surface area contributed by atoms with Gasteiger partial charge < -0.3 is 25.2 Å². The molecule has 3 aromatic carbocycles. The highest BCUT2D eigenvalue weighted by atomic mass is 16.5. The molecule has 0 saturated heterocycles. The van der Waals surface area contributed by atoms with E-state index in [0.29, 0.717) is 24.8 Å². The number of fused-ring (bicyclic) bond motifs is 2. The van der Waals surface area contributed by atoms with Crippen LogP contribution >= 0.6 is 0 Å². The Kier molecular flexibility index (Phi) is 7.85. The van der Waals surface area contributed by atoms with E-state index in [-0.39, 0.29) is 11.4 Å². The number of carbonyl (C=O) groups is 1. The standard InChI is InChI=1S/C33H42N4O2/c1-23-16-19-37(30-10-7-6-9-29(30)35-23)32(38)26-11-13-27(24-12-14-28-25(21-24)15-17-34-28)31(22-26)39-20-8-18-36(5)33(2,3)4/h6-7,9-14,21-23,34-35H,8,15-20H2,1-5H3/t23-/m0/s1. The number of nitrogens with one attached hydrogen (secondary N) is 2. The van der Waals surface area contributed by atoms with E-state index < -0.39 is 0 Å². The van der Waals surface area contributed by atoms with E-state index >= 15 is 0 Å². The number of para-hydroxylation sites is 2. The van der Waals surface area contributed by atoms with Crippen molar-refractivity contribution < 1.29 is 9.53 Å². The van der Waals surface area contributed by atoms with Crippen LogP contribution < -0.4 is 20.3 Å². The van der Waals surface area contributed by atoms with Gasteiger partial charge in [-0.2, -0.15) is 0 Å². The lowest BCUT2D eigenvalue weighted by atomic mass is 9.99. The lowest BCUT2D eigenvalue weighted by molar-refractivity contribution is 0.0986. The molecule has 0 bridgehead atoms. The average molecular weight is 527 g/mol. The van der Waals surface area contributed by atoms with Crippen molar-refractivity contribution in [2.45, 2.75) is 58.5 Å². The van der Waals surface area contributed by atoms with Gasteiger partial charge in [-0.3, -0.25) is 4.79 Å². The van der Waals surface area contributed by atoms with Crippen molar-refractivity contribution in [2.24, 2.45) is 0 Å². The highest BCUT2D eigenvalue weighted by molar-refractivity contribution is 6.08. The number of ether oxygens (including phenoxy) is 1. The summed E-state index contributed by atoms with van der Waals surface area (Å²) in [6.45, 7) is 12.0. The molecule has 6 heteroatoms. The summed E-state index contributed by atoms with van der Waals surface area (Å²) in [5, 5.41) is 6.99. The maximum Gasteiger partial charge on any atom is 0.258 e. The molecule has 1 atom stereocenters. The van der Waals surface area contributed by atoms with Crippen molar-refractivity contribution >= 4 is 23.0 Å². The summed E-state index contributed by atoms with van der Waals surface area (Å²) >= 11 is 0. The highest BCUT2D eigenvalue weighted by Gasteiger charge is 2.25. The van der Waals surface area contributed by atoms with Crippen molar-refractivity contribution in [3.63, 3.8) is 0 Å². The molecular weight excluding hydrogens is 484 g/mol. The highest BCUT2D eigenvalue weighted by Crippen LogP contribution is 2.36. The summed E-state index contributed by atoms with van der Waals surface area (Å²) in [6.07, 6.45) is 2.81. The maximum absolute atomic E-state index is 13.9. The molecule has 0 aromatic heterocycles. The Morgan fingerprint density at radius 3 is 2.72 bits per heavy atom. The first-order valence-corrected chi connectivity index (χ1v) is 14.2. The summed E-state index contributed by atoms with van der Waals surface area (Å²) in [6, 6.07) is 20.9. The molecule has 2 aliphatic heterocycles. The maximum atomic E-state index is 13.9. The lowest BCUT2D eigenvalue weighted by Gasteiger charge is -2.31. The number of benzene rings is 3. The molecule has 0 spiro atoms. The van der Waals surface area contributed by atoms with Crippen LogP contribution in [0.1, 0.15) is 56.5 Å². The van der Waals surface area contributed by atoms with E-state index in [4.69, 9.17) is 4.74 Å². The van der Waals surface area contributed by atoms with Crippen LogP contribution in [-0.4, -0.2) is 55.7 Å². The fraction of sp³-hybridized carbons (Fsp3) is 0.424. The van der Waals surface area contributed by atoms with Crippen LogP contribution in [0.4, 0.5) is 17.1 Å². The zero-order valence-corrected chi connectivity index (χ0v) is 24.0. The van der Waals surface area contributed by atoms with Gasteiger partial charge in [0.2, 0.25) is 0 Å². The van der Waals surface area contributed by atoms with Crippen molar-refractivity contribution in [1.29, 1.82) is 0 Å². The monoisotopic (exact) mass is 526 g/mol. The SMILES string of the molecule is C[C@H]1CCN(C(=O)c2ccc(-c3ccc4c(c3)CCN4)c(OCCCN(C)C(C)(C)C)c2)c2ccccc2N1. The molecule has 0 unspecified atom stereocenters. The molecule has 2 aliphatic rings. The van der Waals surface area contributed by atoms with Gasteiger partial charge >= 0.3 is 0 Å². The second-order valence-corrected chi connectivity index (χ2v) is 11.9. The van der Waals surface area contributed by atoms with Crippen molar-refractivity contribution in [1.82, 2.24) is 4.90 Å². The van der Waals surface area contributed by atoms with Crippen LogP contribution in [0.15, 0.2) is 60.7 Å². The van der Waals surface area contributed by atoms with E-state index in [2.05, 4.69) is 74.5 Å². The van der Waals surface area contributed by atoms with Gasteiger partial charge in [0.05, 0.1) is 18.0 Å². The quantitative estimate of drug-likeness (QED) is 0.337. The molecule has 2 N–H and O–H groups in total. The Balaban J connectivity index is 1.43. The zero-order chi connectivity index (χ0) is 27.6. The molecule has 5 rings (SSSR count). The van der Waals surface area contributed by atoms with Gasteiger partial charge in [-0.25, -0.2) is 0 Å². The van der Waals surface area contributed by atoms with E-state index in [1.807, 2.05) is 41.3 Å². The molecule has 1 amide bonds. The summed E-state index contributed by atoms with van der Waals surface area (Å²) in [7, 11) is 2.15. The molecule has 2 heterocycles. The number of carbonyl (C=O) groups excluding carboxylic acids is 1. The molecule has 0 fully saturated rings. The van der Waals surface area contributed by atoms with Crippen LogP contribution in [0.25, 0.3) is 11.1 Å². The average Bonchev–Trinajstić information content (AvgIpc) is 3.32. The van der Waals surface area contributed by atoms with Gasteiger partial charge in [-0.1, -0.05) is 18.2 Å². The smallest absolute Gasteiger partial charge is 0.258 e. The van der Waals surface area contributed by atoms with Crippen molar-refractivity contribution in [3.05, 3.63) is 71.8 Å². The third-order valence-corrected chi connectivity index (χ3v) is 8.02. The normalized spacial score (nSPS) is 16.7. The van der Waals surface area contributed by atoms with Crippen LogP contribution in [0.3, 0.4) is 0 Å². The molecule has 0 aliphatic carbocycles. The minimum Gasteiger partial charge on any atom is -0.493 e. The number of amides is 1. The van der Waals surface area contributed by atoms with E-state index in [1.54, 1.807) is 0 Å². The van der Waals surface area contributed by atoms with Gasteiger partial charge in [0, 0.05) is 48.0 Å². The Bertz CT molecular complexity index is 1330. The fourth-order valence-electron chi connectivity index (χ4n) is 5.28. The topological polar surface area (TPSA) is 56.8 Å². The van der Waals surface area contributed by atoms with Crippen LogP contribution in [0, 0.1) is 0 Å². The predicted molar refractivity (Wildman–Crippen MR) is 162 cm³/mol. The number of nitrogens with zero attached hydrogens (tertiary/aromatic N) is 2. The Morgan fingerprint density at radius 2 is 1.90 bits per heavy atom. The number of hydrogen-bond acceptors (Lipinski definition) is 5. The van der Waals surface area contributed by atoms with Crippen LogP contribution in [-0.2, 0) is 6.42 Å². The molecule has 6 nitrogen and oxygen atoms in total. The second kappa shape index (κ2) is 11.3. The third kappa shape index (κ3) is 6.06. The Labute approximate surface area is 233 Å². The first kappa shape index (κ1) is 27.1.